The quantitative estimate of drug-likeness (QED) is 0.362. The first-order chi connectivity index (χ1) is 16.7. The third-order valence-corrected chi connectivity index (χ3v) is 5.50. The van der Waals surface area contributed by atoms with Crippen LogP contribution in [0.5, 0.6) is 5.75 Å². The van der Waals surface area contributed by atoms with Gasteiger partial charge in [0.05, 0.1) is 12.7 Å². The number of aryl methyl sites for hydroxylation is 2. The van der Waals surface area contributed by atoms with Gasteiger partial charge in [0.25, 0.3) is 0 Å². The average Bonchev–Trinajstić information content (AvgIpc) is 2.87. The summed E-state index contributed by atoms with van der Waals surface area (Å²) < 4.78 is 49.4. The molecule has 0 spiro atoms. The Morgan fingerprint density at radius 2 is 1.57 bits per heavy atom. The molecule has 0 aliphatic heterocycles. The third kappa shape index (κ3) is 7.09. The summed E-state index contributed by atoms with van der Waals surface area (Å²) in [7, 11) is 2.42. The Hall–Kier alpha value is -3.81. The predicted molar refractivity (Wildman–Crippen MR) is 126 cm³/mol. The first kappa shape index (κ1) is 25.8. The molecule has 0 unspecified atom stereocenters. The van der Waals surface area contributed by atoms with Gasteiger partial charge in [-0.3, -0.25) is 4.79 Å². The molecular formula is C27H26F3NO4. The second kappa shape index (κ2) is 11.6. The van der Waals surface area contributed by atoms with Gasteiger partial charge in [-0.1, -0.05) is 42.5 Å². The molecule has 184 valence electrons. The molecule has 3 aromatic carbocycles. The number of nitrogens with zero attached hydrogens (tertiary/aromatic N) is 1. The maximum atomic E-state index is 12.9. The number of alkyl halides is 3. The molecule has 1 amide bonds. The van der Waals surface area contributed by atoms with Gasteiger partial charge >= 0.3 is 18.1 Å². The van der Waals surface area contributed by atoms with Crippen molar-refractivity contribution in [2.24, 2.45) is 0 Å². The number of esters is 1. The number of hydrogen-bond donors (Lipinski definition) is 0. The van der Waals surface area contributed by atoms with E-state index in [0.717, 1.165) is 18.2 Å². The van der Waals surface area contributed by atoms with E-state index < -0.39 is 18.1 Å². The van der Waals surface area contributed by atoms with Crippen LogP contribution in [0.3, 0.4) is 0 Å². The number of ether oxygens (including phenoxy) is 2. The minimum absolute atomic E-state index is 0.136. The molecule has 0 aliphatic carbocycles. The number of hydrogen-bond acceptors (Lipinski definition) is 4. The van der Waals surface area contributed by atoms with Crippen molar-refractivity contribution >= 4 is 17.6 Å². The van der Waals surface area contributed by atoms with E-state index in [2.05, 4.69) is 0 Å². The maximum absolute atomic E-state index is 12.9. The minimum Gasteiger partial charge on any atom is -0.489 e. The molecule has 8 heteroatoms. The van der Waals surface area contributed by atoms with E-state index in [4.69, 9.17) is 9.47 Å². The number of carbonyl (C=O) groups is 2. The molecule has 0 saturated carbocycles. The normalized spacial score (nSPS) is 11.1. The smallest absolute Gasteiger partial charge is 0.471 e. The van der Waals surface area contributed by atoms with Crippen molar-refractivity contribution in [2.75, 3.05) is 19.1 Å². The fraction of sp³-hybridized carbons (Fsp3) is 0.259. The highest BCUT2D eigenvalue weighted by atomic mass is 19.4. The third-order valence-electron chi connectivity index (χ3n) is 5.50. The molecule has 3 rings (SSSR count). The lowest BCUT2D eigenvalue weighted by atomic mass is 10.0. The fourth-order valence-electron chi connectivity index (χ4n) is 3.56. The number of amides is 1. The summed E-state index contributed by atoms with van der Waals surface area (Å²) in [4.78, 5) is 23.9. The molecule has 0 bridgehead atoms. The van der Waals surface area contributed by atoms with Gasteiger partial charge in [0, 0.05) is 12.7 Å². The number of anilines is 1. The van der Waals surface area contributed by atoms with Crippen LogP contribution in [-0.2, 0) is 29.0 Å². The van der Waals surface area contributed by atoms with Crippen LogP contribution in [0, 0.1) is 0 Å². The lowest BCUT2D eigenvalue weighted by Gasteiger charge is -2.21. The number of halogens is 3. The molecular weight excluding hydrogens is 459 g/mol. The monoisotopic (exact) mass is 485 g/mol. The van der Waals surface area contributed by atoms with Crippen molar-refractivity contribution in [1.29, 1.82) is 0 Å². The van der Waals surface area contributed by atoms with Crippen LogP contribution in [0.25, 0.3) is 0 Å². The lowest BCUT2D eigenvalue weighted by molar-refractivity contribution is -0.170. The van der Waals surface area contributed by atoms with Gasteiger partial charge in [-0.05, 0) is 66.3 Å². The SMILES string of the molecule is COC(=O)c1ccc(CCCc2cc(N(C)C(=O)C(F)(F)F)ccc2OCc2ccccc2)cc1. The van der Waals surface area contributed by atoms with Gasteiger partial charge in [0.2, 0.25) is 0 Å². The Kier molecular flexibility index (Phi) is 8.52. The van der Waals surface area contributed by atoms with Crippen molar-refractivity contribution in [3.63, 3.8) is 0 Å². The highest BCUT2D eigenvalue weighted by Gasteiger charge is 2.41. The van der Waals surface area contributed by atoms with Crippen molar-refractivity contribution in [2.45, 2.75) is 32.0 Å². The van der Waals surface area contributed by atoms with Crippen LogP contribution in [0.15, 0.2) is 72.8 Å². The fourth-order valence-corrected chi connectivity index (χ4v) is 3.56. The van der Waals surface area contributed by atoms with Crippen molar-refractivity contribution in [1.82, 2.24) is 0 Å². The molecule has 0 saturated heterocycles. The summed E-state index contributed by atoms with van der Waals surface area (Å²) in [5.74, 6) is -1.80. The zero-order chi connectivity index (χ0) is 25.4. The van der Waals surface area contributed by atoms with Crippen LogP contribution < -0.4 is 9.64 Å². The first-order valence-electron chi connectivity index (χ1n) is 11.0. The van der Waals surface area contributed by atoms with Gasteiger partial charge in [0.15, 0.2) is 0 Å². The molecule has 0 fully saturated rings. The van der Waals surface area contributed by atoms with Crippen molar-refractivity contribution < 1.29 is 32.2 Å². The van der Waals surface area contributed by atoms with Crippen LogP contribution in [0.2, 0.25) is 0 Å². The molecule has 0 aliphatic rings. The van der Waals surface area contributed by atoms with Gasteiger partial charge in [0.1, 0.15) is 12.4 Å². The number of carbonyl (C=O) groups excluding carboxylic acids is 2. The summed E-state index contributed by atoms with van der Waals surface area (Å²) in [6.45, 7) is 0.305. The Balaban J connectivity index is 1.75. The average molecular weight is 486 g/mol. The van der Waals surface area contributed by atoms with E-state index in [1.54, 1.807) is 24.3 Å². The second-order valence-electron chi connectivity index (χ2n) is 7.97. The predicted octanol–water partition coefficient (Wildman–Crippen LogP) is 5.75. The van der Waals surface area contributed by atoms with E-state index in [1.807, 2.05) is 42.5 Å². The first-order valence-corrected chi connectivity index (χ1v) is 11.0. The van der Waals surface area contributed by atoms with E-state index >= 15 is 0 Å². The minimum atomic E-state index is -4.96. The molecule has 0 heterocycles. The van der Waals surface area contributed by atoms with Crippen LogP contribution >= 0.6 is 0 Å². The van der Waals surface area contributed by atoms with Crippen LogP contribution in [0.1, 0.15) is 33.5 Å². The van der Waals surface area contributed by atoms with Crippen LogP contribution in [0.4, 0.5) is 18.9 Å². The summed E-state index contributed by atoms with van der Waals surface area (Å²) >= 11 is 0. The van der Waals surface area contributed by atoms with Gasteiger partial charge < -0.3 is 14.4 Å². The molecule has 5 nitrogen and oxygen atoms in total. The molecule has 0 N–H and O–H groups in total. The molecule has 3 aromatic rings. The van der Waals surface area contributed by atoms with Crippen molar-refractivity contribution in [3.05, 3.63) is 95.1 Å². The lowest BCUT2D eigenvalue weighted by Crippen LogP contribution is -2.38. The van der Waals surface area contributed by atoms with E-state index in [1.165, 1.54) is 13.2 Å². The number of methoxy groups -OCH3 is 1. The van der Waals surface area contributed by atoms with Gasteiger partial charge in [-0.2, -0.15) is 13.2 Å². The second-order valence-corrected chi connectivity index (χ2v) is 7.97. The molecule has 0 atom stereocenters. The van der Waals surface area contributed by atoms with E-state index in [9.17, 15) is 22.8 Å². The Morgan fingerprint density at radius 1 is 0.886 bits per heavy atom. The van der Waals surface area contributed by atoms with Gasteiger partial charge in [-0.25, -0.2) is 4.79 Å². The number of rotatable bonds is 9. The summed E-state index contributed by atoms with van der Waals surface area (Å²) in [6, 6.07) is 21.2. The Labute approximate surface area is 202 Å². The molecule has 35 heavy (non-hydrogen) atoms. The maximum Gasteiger partial charge on any atom is 0.471 e. The number of benzene rings is 3. The van der Waals surface area contributed by atoms with Gasteiger partial charge in [-0.15, -0.1) is 0 Å². The highest BCUT2D eigenvalue weighted by molar-refractivity contribution is 5.97. The zero-order valence-electron chi connectivity index (χ0n) is 19.5. The highest BCUT2D eigenvalue weighted by Crippen LogP contribution is 2.29. The van der Waals surface area contributed by atoms with E-state index in [-0.39, 0.29) is 5.69 Å². The summed E-state index contributed by atoms with van der Waals surface area (Å²) in [6.07, 6.45) is -3.08. The standard InChI is InChI=1S/C27H26F3NO4/c1-31(26(33)27(28,29)30)23-15-16-24(35-18-20-7-4-3-5-8-20)22(17-23)10-6-9-19-11-13-21(14-12-19)25(32)34-2/h3-5,7-8,11-17H,6,9-10,18H2,1-2H3. The summed E-state index contributed by atoms with van der Waals surface area (Å²) in [5.41, 5.74) is 3.25. The Morgan fingerprint density at radius 3 is 2.20 bits per heavy atom. The molecule has 0 aromatic heterocycles. The van der Waals surface area contributed by atoms with E-state index in [0.29, 0.717) is 47.6 Å². The summed E-state index contributed by atoms with van der Waals surface area (Å²) in [5, 5.41) is 0. The van der Waals surface area contributed by atoms with Crippen molar-refractivity contribution in [3.8, 4) is 5.75 Å². The zero-order valence-corrected chi connectivity index (χ0v) is 19.5. The topological polar surface area (TPSA) is 55.8 Å². The molecule has 0 radical (unpaired) electrons. The van der Waals surface area contributed by atoms with Crippen LogP contribution in [-0.4, -0.2) is 32.2 Å². The largest absolute Gasteiger partial charge is 0.489 e. The Bertz CT molecular complexity index is 1150.